The van der Waals surface area contributed by atoms with Crippen LogP contribution in [0, 0.1) is 5.92 Å². The molecule has 1 N–H and O–H groups in total. The van der Waals surface area contributed by atoms with Crippen LogP contribution in [0.3, 0.4) is 0 Å². The van der Waals surface area contributed by atoms with Gasteiger partial charge in [-0.3, -0.25) is 4.90 Å². The van der Waals surface area contributed by atoms with Crippen LogP contribution in [0.4, 0.5) is 0 Å². The van der Waals surface area contributed by atoms with Crippen molar-refractivity contribution in [2.75, 3.05) is 19.6 Å². The Bertz CT molecular complexity index is 494. The van der Waals surface area contributed by atoms with Crippen molar-refractivity contribution in [1.82, 2.24) is 10.2 Å². The summed E-state index contributed by atoms with van der Waals surface area (Å²) in [4.78, 5) is 2.77. The van der Waals surface area contributed by atoms with Crippen LogP contribution >= 0.6 is 0 Å². The third-order valence-corrected chi connectivity index (χ3v) is 5.57. The SMILES string of the molecule is CCC(C)C1CNC(C)(C)CN1CC1Cc2ccccc21. The molecule has 1 fully saturated rings. The van der Waals surface area contributed by atoms with Crippen LogP contribution in [-0.2, 0) is 6.42 Å². The Balaban J connectivity index is 1.72. The van der Waals surface area contributed by atoms with Crippen molar-refractivity contribution in [2.45, 2.75) is 58.0 Å². The highest BCUT2D eigenvalue weighted by Crippen LogP contribution is 2.37. The molecule has 1 saturated heterocycles. The van der Waals surface area contributed by atoms with Crippen LogP contribution in [-0.4, -0.2) is 36.1 Å². The zero-order valence-electron chi connectivity index (χ0n) is 14.0. The molecule has 1 aromatic carbocycles. The van der Waals surface area contributed by atoms with Crippen LogP contribution in [0.15, 0.2) is 24.3 Å². The molecule has 0 bridgehead atoms. The molecule has 3 atom stereocenters. The van der Waals surface area contributed by atoms with Gasteiger partial charge in [-0.15, -0.1) is 0 Å². The zero-order chi connectivity index (χ0) is 15.0. The first kappa shape index (κ1) is 15.1. The Hall–Kier alpha value is -0.860. The number of fused-ring (bicyclic) bond motifs is 1. The van der Waals surface area contributed by atoms with Crippen LogP contribution in [0.5, 0.6) is 0 Å². The van der Waals surface area contributed by atoms with E-state index in [0.717, 1.165) is 18.4 Å². The van der Waals surface area contributed by atoms with Crippen molar-refractivity contribution in [3.05, 3.63) is 35.4 Å². The van der Waals surface area contributed by atoms with Gasteiger partial charge in [-0.25, -0.2) is 0 Å². The number of nitrogens with one attached hydrogen (secondary N) is 1. The maximum atomic E-state index is 3.74. The van der Waals surface area contributed by atoms with Gasteiger partial charge in [0.1, 0.15) is 0 Å². The second kappa shape index (κ2) is 5.73. The van der Waals surface area contributed by atoms with E-state index in [0.29, 0.717) is 6.04 Å². The Kier molecular flexibility index (Phi) is 4.11. The van der Waals surface area contributed by atoms with Crippen LogP contribution in [0.1, 0.15) is 51.2 Å². The lowest BCUT2D eigenvalue weighted by Crippen LogP contribution is -2.63. The maximum absolute atomic E-state index is 3.74. The molecular weight excluding hydrogens is 256 g/mol. The Morgan fingerprint density at radius 2 is 2.10 bits per heavy atom. The first-order chi connectivity index (χ1) is 10.00. The highest BCUT2D eigenvalue weighted by molar-refractivity contribution is 5.40. The summed E-state index contributed by atoms with van der Waals surface area (Å²) in [6, 6.07) is 9.68. The summed E-state index contributed by atoms with van der Waals surface area (Å²) in [7, 11) is 0. The lowest BCUT2D eigenvalue weighted by molar-refractivity contribution is 0.0562. The molecular formula is C19H30N2. The number of hydrogen-bond donors (Lipinski definition) is 1. The topological polar surface area (TPSA) is 15.3 Å². The Morgan fingerprint density at radius 1 is 1.33 bits per heavy atom. The first-order valence-corrected chi connectivity index (χ1v) is 8.57. The molecule has 0 radical (unpaired) electrons. The summed E-state index contributed by atoms with van der Waals surface area (Å²) >= 11 is 0. The average Bonchev–Trinajstić information content (AvgIpc) is 2.43. The summed E-state index contributed by atoms with van der Waals surface area (Å²) in [5.74, 6) is 1.52. The predicted molar refractivity (Wildman–Crippen MR) is 89.8 cm³/mol. The number of piperazine rings is 1. The molecule has 1 heterocycles. The Morgan fingerprint density at radius 3 is 2.81 bits per heavy atom. The standard InChI is InChI=1S/C19H30N2/c1-5-14(2)18-11-20-19(3,4)13-21(18)12-16-10-15-8-6-7-9-17(15)16/h6-9,14,16,18,20H,5,10-13H2,1-4H3. The fourth-order valence-electron chi connectivity index (χ4n) is 4.03. The lowest BCUT2D eigenvalue weighted by atomic mass is 9.76. The molecule has 0 spiro atoms. The molecule has 2 aliphatic rings. The first-order valence-electron chi connectivity index (χ1n) is 8.57. The molecule has 2 heteroatoms. The zero-order valence-corrected chi connectivity index (χ0v) is 14.0. The third kappa shape index (κ3) is 3.02. The summed E-state index contributed by atoms with van der Waals surface area (Å²) in [6.07, 6.45) is 2.54. The van der Waals surface area contributed by atoms with E-state index in [1.165, 1.54) is 25.9 Å². The van der Waals surface area contributed by atoms with Crippen LogP contribution in [0.2, 0.25) is 0 Å². The van der Waals surface area contributed by atoms with Gasteiger partial charge in [-0.2, -0.15) is 0 Å². The molecule has 0 saturated carbocycles. The molecule has 0 amide bonds. The highest BCUT2D eigenvalue weighted by atomic mass is 15.3. The molecule has 3 rings (SSSR count). The van der Waals surface area contributed by atoms with Gasteiger partial charge < -0.3 is 5.32 Å². The van der Waals surface area contributed by atoms with E-state index in [4.69, 9.17) is 0 Å². The van der Waals surface area contributed by atoms with Crippen molar-refractivity contribution >= 4 is 0 Å². The molecule has 116 valence electrons. The van der Waals surface area contributed by atoms with Gasteiger partial charge in [0.15, 0.2) is 0 Å². The van der Waals surface area contributed by atoms with Crippen molar-refractivity contribution in [1.29, 1.82) is 0 Å². The number of rotatable bonds is 4. The third-order valence-electron chi connectivity index (χ3n) is 5.57. The molecule has 21 heavy (non-hydrogen) atoms. The minimum absolute atomic E-state index is 0.243. The number of benzene rings is 1. The number of hydrogen-bond acceptors (Lipinski definition) is 2. The molecule has 1 aliphatic heterocycles. The monoisotopic (exact) mass is 286 g/mol. The smallest absolute Gasteiger partial charge is 0.0252 e. The molecule has 1 aliphatic carbocycles. The Labute approximate surface area is 129 Å². The summed E-state index contributed by atoms with van der Waals surface area (Å²) in [5, 5.41) is 3.74. The second-order valence-electron chi connectivity index (χ2n) is 7.75. The van der Waals surface area contributed by atoms with E-state index in [1.54, 1.807) is 11.1 Å². The largest absolute Gasteiger partial charge is 0.309 e. The van der Waals surface area contributed by atoms with E-state index in [1.807, 2.05) is 0 Å². The summed E-state index contributed by atoms with van der Waals surface area (Å²) in [6.45, 7) is 12.9. The average molecular weight is 286 g/mol. The van der Waals surface area contributed by atoms with Crippen LogP contribution in [0.25, 0.3) is 0 Å². The second-order valence-corrected chi connectivity index (χ2v) is 7.75. The fraction of sp³-hybridized carbons (Fsp3) is 0.684. The van der Waals surface area contributed by atoms with Gasteiger partial charge in [0.25, 0.3) is 0 Å². The molecule has 2 nitrogen and oxygen atoms in total. The summed E-state index contributed by atoms with van der Waals surface area (Å²) in [5.41, 5.74) is 3.40. The van der Waals surface area contributed by atoms with Crippen molar-refractivity contribution in [2.24, 2.45) is 5.92 Å². The molecule has 1 aromatic rings. The highest BCUT2D eigenvalue weighted by Gasteiger charge is 2.37. The van der Waals surface area contributed by atoms with Crippen molar-refractivity contribution in [3.8, 4) is 0 Å². The maximum Gasteiger partial charge on any atom is 0.0252 e. The van der Waals surface area contributed by atoms with E-state index < -0.39 is 0 Å². The minimum Gasteiger partial charge on any atom is -0.309 e. The van der Waals surface area contributed by atoms with Gasteiger partial charge in [-0.1, -0.05) is 44.5 Å². The number of nitrogens with zero attached hydrogens (tertiary/aromatic N) is 1. The van der Waals surface area contributed by atoms with Crippen molar-refractivity contribution in [3.63, 3.8) is 0 Å². The van der Waals surface area contributed by atoms with Crippen molar-refractivity contribution < 1.29 is 0 Å². The quantitative estimate of drug-likeness (QED) is 0.912. The van der Waals surface area contributed by atoms with Gasteiger partial charge >= 0.3 is 0 Å². The fourth-order valence-corrected chi connectivity index (χ4v) is 4.03. The van der Waals surface area contributed by atoms with E-state index in [9.17, 15) is 0 Å². The normalized spacial score (nSPS) is 29.5. The molecule has 3 unspecified atom stereocenters. The van der Waals surface area contributed by atoms with Gasteiger partial charge in [0.2, 0.25) is 0 Å². The van der Waals surface area contributed by atoms with Crippen LogP contribution < -0.4 is 5.32 Å². The van der Waals surface area contributed by atoms with E-state index in [-0.39, 0.29) is 5.54 Å². The molecule has 0 aromatic heterocycles. The predicted octanol–water partition coefficient (Wildman–Crippen LogP) is 3.42. The summed E-state index contributed by atoms with van der Waals surface area (Å²) < 4.78 is 0. The van der Waals surface area contributed by atoms with E-state index >= 15 is 0 Å². The lowest BCUT2D eigenvalue weighted by Gasteiger charge is -2.49. The van der Waals surface area contributed by atoms with Gasteiger partial charge in [-0.05, 0) is 37.3 Å². The minimum atomic E-state index is 0.243. The van der Waals surface area contributed by atoms with Gasteiger partial charge in [0.05, 0.1) is 0 Å². The van der Waals surface area contributed by atoms with E-state index in [2.05, 4.69) is 62.2 Å². The van der Waals surface area contributed by atoms with Gasteiger partial charge in [0, 0.05) is 37.1 Å².